The van der Waals surface area contributed by atoms with E-state index in [4.69, 9.17) is 5.26 Å². The number of carbonyl (C=O) groups is 1. The minimum Gasteiger partial charge on any atom is -0.298 e. The van der Waals surface area contributed by atoms with Crippen LogP contribution in [-0.4, -0.2) is 5.78 Å². The van der Waals surface area contributed by atoms with E-state index in [1.165, 1.54) is 0 Å². The van der Waals surface area contributed by atoms with Crippen molar-refractivity contribution in [2.45, 2.75) is 40.5 Å². The smallest absolute Gasteiger partial charge is 0.152 e. The minimum atomic E-state index is -0.394. The third-order valence-corrected chi connectivity index (χ3v) is 2.30. The Hall–Kier alpha value is -0.840. The van der Waals surface area contributed by atoms with Gasteiger partial charge < -0.3 is 0 Å². The lowest BCUT2D eigenvalue weighted by molar-refractivity contribution is -0.125. The van der Waals surface area contributed by atoms with Gasteiger partial charge in [0.25, 0.3) is 0 Å². The average molecular weight is 181 g/mol. The summed E-state index contributed by atoms with van der Waals surface area (Å²) in [4.78, 5) is 11.6. The van der Waals surface area contributed by atoms with Crippen LogP contribution in [0.3, 0.4) is 0 Å². The molecule has 0 aromatic heterocycles. The molecule has 2 unspecified atom stereocenters. The van der Waals surface area contributed by atoms with Gasteiger partial charge in [-0.25, -0.2) is 0 Å². The van der Waals surface area contributed by atoms with Gasteiger partial charge in [0, 0.05) is 5.92 Å². The van der Waals surface area contributed by atoms with Crippen LogP contribution in [-0.2, 0) is 4.79 Å². The quantitative estimate of drug-likeness (QED) is 0.654. The van der Waals surface area contributed by atoms with Crippen molar-refractivity contribution in [1.82, 2.24) is 0 Å². The Labute approximate surface area is 80.9 Å². The Kier molecular flexibility index (Phi) is 5.37. The first-order valence-corrected chi connectivity index (χ1v) is 4.96. The second-order valence-electron chi connectivity index (χ2n) is 4.02. The van der Waals surface area contributed by atoms with Crippen molar-refractivity contribution in [3.8, 4) is 6.07 Å². The molecule has 0 fully saturated rings. The van der Waals surface area contributed by atoms with E-state index in [1.54, 1.807) is 0 Å². The van der Waals surface area contributed by atoms with Crippen molar-refractivity contribution in [1.29, 1.82) is 5.26 Å². The van der Waals surface area contributed by atoms with E-state index in [0.29, 0.717) is 12.3 Å². The molecule has 13 heavy (non-hydrogen) atoms. The molecule has 0 aromatic rings. The van der Waals surface area contributed by atoms with Gasteiger partial charge >= 0.3 is 0 Å². The van der Waals surface area contributed by atoms with E-state index in [2.05, 4.69) is 6.07 Å². The molecular formula is C11H19NO. The Morgan fingerprint density at radius 2 is 1.92 bits per heavy atom. The van der Waals surface area contributed by atoms with Gasteiger partial charge in [0.1, 0.15) is 5.92 Å². The molecule has 0 spiro atoms. The third kappa shape index (κ3) is 4.07. The van der Waals surface area contributed by atoms with Gasteiger partial charge in [-0.15, -0.1) is 0 Å². The van der Waals surface area contributed by atoms with Crippen LogP contribution in [0.25, 0.3) is 0 Å². The molecule has 0 N–H and O–H groups in total. The Bertz CT molecular complexity index is 203. The lowest BCUT2D eigenvalue weighted by Gasteiger charge is -2.14. The van der Waals surface area contributed by atoms with Gasteiger partial charge in [0.15, 0.2) is 5.78 Å². The number of Topliss-reactive ketones (excluding diaryl/α,β-unsaturated/α-hetero) is 1. The number of nitrogens with zero attached hydrogens (tertiary/aromatic N) is 1. The molecule has 0 amide bonds. The average Bonchev–Trinajstić information content (AvgIpc) is 2.11. The van der Waals surface area contributed by atoms with Gasteiger partial charge in [0.2, 0.25) is 0 Å². The van der Waals surface area contributed by atoms with E-state index in [9.17, 15) is 4.79 Å². The number of ketones is 1. The second kappa shape index (κ2) is 5.75. The van der Waals surface area contributed by atoms with Crippen LogP contribution in [0.2, 0.25) is 0 Å². The monoisotopic (exact) mass is 181 g/mol. The first-order valence-electron chi connectivity index (χ1n) is 4.96. The summed E-state index contributed by atoms with van der Waals surface area (Å²) < 4.78 is 0. The zero-order chi connectivity index (χ0) is 10.4. The van der Waals surface area contributed by atoms with Crippen LogP contribution < -0.4 is 0 Å². The van der Waals surface area contributed by atoms with E-state index in [0.717, 1.165) is 6.42 Å². The SMILES string of the molecule is CCC(C)C(=O)C(C#N)CC(C)C. The van der Waals surface area contributed by atoms with Crippen molar-refractivity contribution >= 4 is 5.78 Å². The summed E-state index contributed by atoms with van der Waals surface area (Å²) in [5, 5.41) is 8.82. The van der Waals surface area contributed by atoms with Crippen LogP contribution in [0.1, 0.15) is 40.5 Å². The van der Waals surface area contributed by atoms with Crippen molar-refractivity contribution in [3.05, 3.63) is 0 Å². The van der Waals surface area contributed by atoms with Crippen LogP contribution in [0, 0.1) is 29.1 Å². The summed E-state index contributed by atoms with van der Waals surface area (Å²) >= 11 is 0. The van der Waals surface area contributed by atoms with E-state index >= 15 is 0 Å². The van der Waals surface area contributed by atoms with Crippen LogP contribution >= 0.6 is 0 Å². The largest absolute Gasteiger partial charge is 0.298 e. The summed E-state index contributed by atoms with van der Waals surface area (Å²) in [5.74, 6) is 0.162. The fraction of sp³-hybridized carbons (Fsp3) is 0.818. The van der Waals surface area contributed by atoms with E-state index < -0.39 is 5.92 Å². The molecule has 0 saturated carbocycles. The molecule has 74 valence electrons. The minimum absolute atomic E-state index is 0.0309. The fourth-order valence-electron chi connectivity index (χ4n) is 1.25. The van der Waals surface area contributed by atoms with Crippen molar-refractivity contribution in [2.24, 2.45) is 17.8 Å². The summed E-state index contributed by atoms with van der Waals surface area (Å²) in [5.41, 5.74) is 0. The lowest BCUT2D eigenvalue weighted by atomic mass is 9.87. The molecule has 0 heterocycles. The predicted molar refractivity (Wildman–Crippen MR) is 53.0 cm³/mol. The fourth-order valence-corrected chi connectivity index (χ4v) is 1.25. The Morgan fingerprint density at radius 1 is 1.38 bits per heavy atom. The lowest BCUT2D eigenvalue weighted by Crippen LogP contribution is -2.21. The molecule has 0 aliphatic heterocycles. The number of nitriles is 1. The molecule has 2 heteroatoms. The zero-order valence-corrected chi connectivity index (χ0v) is 9.00. The van der Waals surface area contributed by atoms with Crippen molar-refractivity contribution < 1.29 is 4.79 Å². The van der Waals surface area contributed by atoms with Gasteiger partial charge in [-0.2, -0.15) is 5.26 Å². The van der Waals surface area contributed by atoms with Gasteiger partial charge in [0.05, 0.1) is 6.07 Å². The van der Waals surface area contributed by atoms with E-state index in [-0.39, 0.29) is 11.7 Å². The molecule has 0 bridgehead atoms. The summed E-state index contributed by atoms with van der Waals surface area (Å²) in [7, 11) is 0. The first kappa shape index (κ1) is 12.2. The molecule has 0 aliphatic carbocycles. The molecule has 2 atom stereocenters. The number of carbonyl (C=O) groups excluding carboxylic acids is 1. The van der Waals surface area contributed by atoms with Gasteiger partial charge in [-0.1, -0.05) is 27.7 Å². The number of hydrogen-bond donors (Lipinski definition) is 0. The molecule has 0 saturated heterocycles. The highest BCUT2D eigenvalue weighted by Crippen LogP contribution is 2.17. The number of hydrogen-bond acceptors (Lipinski definition) is 2. The highest BCUT2D eigenvalue weighted by Gasteiger charge is 2.22. The molecular weight excluding hydrogens is 162 g/mol. The zero-order valence-electron chi connectivity index (χ0n) is 9.00. The van der Waals surface area contributed by atoms with Gasteiger partial charge in [-0.05, 0) is 18.8 Å². The predicted octanol–water partition coefficient (Wildman–Crippen LogP) is 2.79. The van der Waals surface area contributed by atoms with Crippen LogP contribution in [0.4, 0.5) is 0 Å². The number of rotatable bonds is 5. The normalized spacial score (nSPS) is 15.1. The van der Waals surface area contributed by atoms with Crippen LogP contribution in [0.5, 0.6) is 0 Å². The maximum atomic E-state index is 11.6. The molecule has 2 nitrogen and oxygen atoms in total. The summed E-state index contributed by atoms with van der Waals surface area (Å²) in [6, 6.07) is 2.10. The van der Waals surface area contributed by atoms with E-state index in [1.807, 2.05) is 27.7 Å². The van der Waals surface area contributed by atoms with Crippen molar-refractivity contribution in [3.63, 3.8) is 0 Å². The Balaban J connectivity index is 4.26. The Morgan fingerprint density at radius 3 is 2.23 bits per heavy atom. The maximum Gasteiger partial charge on any atom is 0.152 e. The molecule has 0 aliphatic rings. The van der Waals surface area contributed by atoms with Gasteiger partial charge in [-0.3, -0.25) is 4.79 Å². The van der Waals surface area contributed by atoms with Crippen molar-refractivity contribution in [2.75, 3.05) is 0 Å². The maximum absolute atomic E-state index is 11.6. The summed E-state index contributed by atoms with van der Waals surface area (Å²) in [6.45, 7) is 7.95. The summed E-state index contributed by atoms with van der Waals surface area (Å²) in [6.07, 6.45) is 1.52. The molecule has 0 radical (unpaired) electrons. The second-order valence-corrected chi connectivity index (χ2v) is 4.02. The standard InChI is InChI=1S/C11H19NO/c1-5-9(4)11(13)10(7-12)6-8(2)3/h8-10H,5-6H2,1-4H3. The third-order valence-electron chi connectivity index (χ3n) is 2.30. The van der Waals surface area contributed by atoms with Crippen LogP contribution in [0.15, 0.2) is 0 Å². The first-order chi connectivity index (χ1) is 6.02. The molecule has 0 aromatic carbocycles. The molecule has 0 rings (SSSR count). The topological polar surface area (TPSA) is 40.9 Å². The highest BCUT2D eigenvalue weighted by atomic mass is 16.1. The highest BCUT2D eigenvalue weighted by molar-refractivity contribution is 5.85.